The number of nitrogens with one attached hydrogen (secondary N) is 1. The topological polar surface area (TPSA) is 73.6 Å². The lowest BCUT2D eigenvalue weighted by Gasteiger charge is -2.16. The van der Waals surface area contributed by atoms with Crippen molar-refractivity contribution in [1.29, 1.82) is 0 Å². The summed E-state index contributed by atoms with van der Waals surface area (Å²) in [6.07, 6.45) is -4.05. The molecule has 0 aliphatic carbocycles. The van der Waals surface area contributed by atoms with E-state index in [4.69, 9.17) is 9.47 Å². The van der Waals surface area contributed by atoms with E-state index in [1.165, 1.54) is 14.2 Å². The van der Waals surface area contributed by atoms with E-state index in [1.54, 1.807) is 12.1 Å². The molecule has 0 aromatic heterocycles. The van der Waals surface area contributed by atoms with Crippen LogP contribution in [0.3, 0.4) is 0 Å². The molecule has 26 heavy (non-hydrogen) atoms. The summed E-state index contributed by atoms with van der Waals surface area (Å²) in [4.78, 5) is 10.3. The van der Waals surface area contributed by atoms with Gasteiger partial charge in [-0.15, -0.1) is 0 Å². The molecule has 1 N–H and O–H groups in total. The molecule has 0 amide bonds. The van der Waals surface area contributed by atoms with Gasteiger partial charge >= 0.3 is 6.18 Å². The number of methoxy groups -OCH3 is 2. The Balaban J connectivity index is 2.52. The van der Waals surface area contributed by atoms with Crippen molar-refractivity contribution in [1.82, 2.24) is 0 Å². The molecule has 0 unspecified atom stereocenters. The first-order valence-electron chi connectivity index (χ1n) is 7.58. The maximum absolute atomic E-state index is 12.8. The first kappa shape index (κ1) is 19.4. The minimum atomic E-state index is -4.67. The Kier molecular flexibility index (Phi) is 5.59. The van der Waals surface area contributed by atoms with Crippen LogP contribution in [0.4, 0.5) is 30.2 Å². The summed E-state index contributed by atoms with van der Waals surface area (Å²) in [5.74, 6) is 0.921. The zero-order valence-electron chi connectivity index (χ0n) is 14.3. The predicted octanol–water partition coefficient (Wildman–Crippen LogP) is 4.94. The summed E-state index contributed by atoms with van der Waals surface area (Å²) >= 11 is 0. The Morgan fingerprint density at radius 1 is 1.08 bits per heavy atom. The number of rotatable bonds is 6. The second-order valence-electron chi connectivity index (χ2n) is 5.33. The van der Waals surface area contributed by atoms with Gasteiger partial charge in [0, 0.05) is 12.1 Å². The van der Waals surface area contributed by atoms with Crippen molar-refractivity contribution in [2.45, 2.75) is 19.5 Å². The van der Waals surface area contributed by atoms with E-state index in [0.717, 1.165) is 17.7 Å². The molecule has 140 valence electrons. The number of hydrogen-bond acceptors (Lipinski definition) is 5. The highest BCUT2D eigenvalue weighted by atomic mass is 19.4. The van der Waals surface area contributed by atoms with Crippen LogP contribution in [0.1, 0.15) is 18.1 Å². The number of halogens is 3. The predicted molar refractivity (Wildman–Crippen MR) is 90.3 cm³/mol. The third-order valence-corrected chi connectivity index (χ3v) is 3.77. The van der Waals surface area contributed by atoms with Gasteiger partial charge in [0.2, 0.25) is 0 Å². The van der Waals surface area contributed by atoms with Crippen LogP contribution in [0.25, 0.3) is 0 Å². The fourth-order valence-electron chi connectivity index (χ4n) is 2.45. The van der Waals surface area contributed by atoms with Crippen molar-refractivity contribution in [2.75, 3.05) is 19.5 Å². The van der Waals surface area contributed by atoms with Crippen LogP contribution >= 0.6 is 0 Å². The standard InChI is InChI=1S/C17H17F3N2O4/c1-4-10-7-13(16(26-3)9-15(10)25-2)21-12-6-5-11(17(18,19)20)8-14(12)22(23)24/h5-9,21H,4H2,1-3H3. The zero-order chi connectivity index (χ0) is 19.5. The Hall–Kier alpha value is -2.97. The van der Waals surface area contributed by atoms with Crippen LogP contribution in [0.5, 0.6) is 11.5 Å². The smallest absolute Gasteiger partial charge is 0.416 e. The molecule has 2 rings (SSSR count). The number of hydrogen-bond donors (Lipinski definition) is 1. The fraction of sp³-hybridized carbons (Fsp3) is 0.294. The summed E-state index contributed by atoms with van der Waals surface area (Å²) < 4.78 is 48.9. The Morgan fingerprint density at radius 3 is 2.23 bits per heavy atom. The monoisotopic (exact) mass is 370 g/mol. The van der Waals surface area contributed by atoms with Crippen LogP contribution in [-0.2, 0) is 12.6 Å². The van der Waals surface area contributed by atoms with Crippen LogP contribution in [-0.4, -0.2) is 19.1 Å². The number of nitrogens with zero attached hydrogens (tertiary/aromatic N) is 1. The summed E-state index contributed by atoms with van der Waals surface area (Å²) in [6.45, 7) is 1.90. The van der Waals surface area contributed by atoms with Gasteiger partial charge in [-0.05, 0) is 30.2 Å². The fourth-order valence-corrected chi connectivity index (χ4v) is 2.45. The van der Waals surface area contributed by atoms with Crippen LogP contribution in [0, 0.1) is 10.1 Å². The molecular formula is C17H17F3N2O4. The first-order valence-corrected chi connectivity index (χ1v) is 7.58. The number of benzene rings is 2. The van der Waals surface area contributed by atoms with Gasteiger partial charge < -0.3 is 14.8 Å². The van der Waals surface area contributed by atoms with Gasteiger partial charge in [-0.3, -0.25) is 10.1 Å². The van der Waals surface area contributed by atoms with Gasteiger partial charge in [0.15, 0.2) is 0 Å². The minimum absolute atomic E-state index is 0.0754. The Labute approximate surface area is 147 Å². The molecule has 2 aromatic rings. The molecule has 0 bridgehead atoms. The Bertz CT molecular complexity index is 822. The second kappa shape index (κ2) is 7.51. The zero-order valence-corrected chi connectivity index (χ0v) is 14.3. The largest absolute Gasteiger partial charge is 0.496 e. The van der Waals surface area contributed by atoms with Crippen molar-refractivity contribution in [2.24, 2.45) is 0 Å². The van der Waals surface area contributed by atoms with Crippen LogP contribution in [0.15, 0.2) is 30.3 Å². The number of ether oxygens (including phenoxy) is 2. The van der Waals surface area contributed by atoms with E-state index in [9.17, 15) is 23.3 Å². The number of nitro benzene ring substituents is 1. The third-order valence-electron chi connectivity index (χ3n) is 3.77. The molecule has 0 heterocycles. The molecule has 0 aliphatic heterocycles. The summed E-state index contributed by atoms with van der Waals surface area (Å²) in [5, 5.41) is 14.0. The number of aryl methyl sites for hydroxylation is 1. The van der Waals surface area contributed by atoms with E-state index in [2.05, 4.69) is 5.32 Å². The van der Waals surface area contributed by atoms with E-state index < -0.39 is 22.4 Å². The van der Waals surface area contributed by atoms with E-state index in [-0.39, 0.29) is 5.69 Å². The molecule has 2 aromatic carbocycles. The van der Waals surface area contributed by atoms with Gasteiger partial charge in [0.25, 0.3) is 5.69 Å². The molecule has 6 nitrogen and oxygen atoms in total. The normalized spacial score (nSPS) is 11.2. The average molecular weight is 370 g/mol. The lowest BCUT2D eigenvalue weighted by molar-refractivity contribution is -0.384. The number of nitro groups is 1. The first-order chi connectivity index (χ1) is 12.2. The van der Waals surface area contributed by atoms with Gasteiger partial charge in [0.05, 0.1) is 30.4 Å². The van der Waals surface area contributed by atoms with Crippen molar-refractivity contribution in [3.8, 4) is 11.5 Å². The quantitative estimate of drug-likeness (QED) is 0.576. The molecule has 0 saturated heterocycles. The summed E-state index contributed by atoms with van der Waals surface area (Å²) in [7, 11) is 2.91. The van der Waals surface area contributed by atoms with Gasteiger partial charge in [0.1, 0.15) is 17.2 Å². The average Bonchev–Trinajstić information content (AvgIpc) is 2.60. The number of anilines is 2. The van der Waals surface area contributed by atoms with Crippen LogP contribution < -0.4 is 14.8 Å². The van der Waals surface area contributed by atoms with Crippen molar-refractivity contribution >= 4 is 17.1 Å². The summed E-state index contributed by atoms with van der Waals surface area (Å²) in [5.41, 5.74) is -0.659. The van der Waals surface area contributed by atoms with Gasteiger partial charge in [-0.2, -0.15) is 13.2 Å². The minimum Gasteiger partial charge on any atom is -0.496 e. The van der Waals surface area contributed by atoms with E-state index in [0.29, 0.717) is 29.7 Å². The highest BCUT2D eigenvalue weighted by Gasteiger charge is 2.33. The highest BCUT2D eigenvalue weighted by molar-refractivity contribution is 5.75. The van der Waals surface area contributed by atoms with Crippen LogP contribution in [0.2, 0.25) is 0 Å². The molecule has 0 aliphatic rings. The van der Waals surface area contributed by atoms with Crippen molar-refractivity contribution in [3.63, 3.8) is 0 Å². The molecule has 0 fully saturated rings. The number of alkyl halides is 3. The SMILES string of the molecule is CCc1cc(Nc2ccc(C(F)(F)F)cc2[N+](=O)[O-])c(OC)cc1OC. The molecule has 0 atom stereocenters. The molecule has 0 radical (unpaired) electrons. The lowest BCUT2D eigenvalue weighted by Crippen LogP contribution is -2.07. The lowest BCUT2D eigenvalue weighted by atomic mass is 10.1. The molecular weight excluding hydrogens is 353 g/mol. The van der Waals surface area contributed by atoms with Crippen molar-refractivity contribution < 1.29 is 27.6 Å². The summed E-state index contributed by atoms with van der Waals surface area (Å²) in [6, 6.07) is 5.59. The maximum atomic E-state index is 12.8. The van der Waals surface area contributed by atoms with Gasteiger partial charge in [-0.1, -0.05) is 6.92 Å². The maximum Gasteiger partial charge on any atom is 0.416 e. The molecule has 9 heteroatoms. The second-order valence-corrected chi connectivity index (χ2v) is 5.33. The Morgan fingerprint density at radius 2 is 1.73 bits per heavy atom. The van der Waals surface area contributed by atoms with E-state index in [1.807, 2.05) is 6.92 Å². The molecule has 0 saturated carbocycles. The highest BCUT2D eigenvalue weighted by Crippen LogP contribution is 2.39. The van der Waals surface area contributed by atoms with Crippen molar-refractivity contribution in [3.05, 3.63) is 51.6 Å². The van der Waals surface area contributed by atoms with Gasteiger partial charge in [-0.25, -0.2) is 0 Å². The third kappa shape index (κ3) is 3.98. The van der Waals surface area contributed by atoms with E-state index >= 15 is 0 Å². The molecule has 0 spiro atoms.